The predicted octanol–water partition coefficient (Wildman–Crippen LogP) is 3.16. The molecule has 1 aromatic heterocycles. The molecule has 1 saturated heterocycles. The molecule has 0 unspecified atom stereocenters. The van der Waals surface area contributed by atoms with Crippen LogP contribution in [0.1, 0.15) is 83.0 Å². The molecule has 0 aliphatic carbocycles. The molecule has 186 valence electrons. The lowest BCUT2D eigenvalue weighted by Gasteiger charge is -2.33. The lowest BCUT2D eigenvalue weighted by Crippen LogP contribution is -2.42. The van der Waals surface area contributed by atoms with Gasteiger partial charge in [0.25, 0.3) is 18.2 Å². The molecule has 1 fully saturated rings. The third-order valence-corrected chi connectivity index (χ3v) is 5.52. The second-order valence-electron chi connectivity index (χ2n) is 9.10. The summed E-state index contributed by atoms with van der Waals surface area (Å²) in [5.74, 6) is -3.19. The van der Waals surface area contributed by atoms with Crippen molar-refractivity contribution >= 4 is 23.9 Å². The number of benzene rings is 1. The van der Waals surface area contributed by atoms with Crippen molar-refractivity contribution in [1.82, 2.24) is 25.0 Å². The summed E-state index contributed by atoms with van der Waals surface area (Å²) in [7, 11) is 0. The maximum absolute atomic E-state index is 14.0. The number of aromatic nitrogens is 3. The van der Waals surface area contributed by atoms with Crippen molar-refractivity contribution in [3.8, 4) is 0 Å². The Balaban J connectivity index is 1.48. The van der Waals surface area contributed by atoms with E-state index >= 15 is 0 Å². The summed E-state index contributed by atoms with van der Waals surface area (Å²) in [5, 5.41) is 7.51. The molecular weight excluding hydrogens is 468 g/mol. The van der Waals surface area contributed by atoms with Gasteiger partial charge in [0.1, 0.15) is 11.3 Å². The number of fused-ring (bicyclic) bond motifs is 1. The summed E-state index contributed by atoms with van der Waals surface area (Å²) in [4.78, 5) is 56.1. The Bertz CT molecular complexity index is 1150. The second-order valence-corrected chi connectivity index (χ2v) is 9.10. The molecular formula is C22H23F2N5O6. The molecule has 35 heavy (non-hydrogen) atoms. The number of hydrogen-bond acceptors (Lipinski definition) is 8. The standard InChI is InChI=1S/C22H23F2N5O6/c1-22(2,3)34-21(33)27-10-8-12(9-11-27)28-16(17(23)24)15(25-26-28)20(32)35-29-18(30)13-6-4-5-7-14(13)19(29)31/h4-7,12,17H,8-11H2,1-3H3. The van der Waals surface area contributed by atoms with Gasteiger partial charge in [0.15, 0.2) is 0 Å². The van der Waals surface area contributed by atoms with Gasteiger partial charge in [0.2, 0.25) is 5.69 Å². The van der Waals surface area contributed by atoms with E-state index in [9.17, 15) is 28.0 Å². The van der Waals surface area contributed by atoms with Crippen LogP contribution in [0.2, 0.25) is 0 Å². The van der Waals surface area contributed by atoms with Crippen LogP contribution in [-0.2, 0) is 9.57 Å². The van der Waals surface area contributed by atoms with Gasteiger partial charge in [-0.2, -0.15) is 0 Å². The van der Waals surface area contributed by atoms with Gasteiger partial charge in [-0.15, -0.1) is 5.10 Å². The minimum absolute atomic E-state index is 0.0276. The number of rotatable bonds is 4. The van der Waals surface area contributed by atoms with Crippen LogP contribution in [0.15, 0.2) is 24.3 Å². The number of likely N-dealkylation sites (tertiary alicyclic amines) is 1. The second kappa shape index (κ2) is 9.04. The highest BCUT2D eigenvalue weighted by atomic mass is 19.3. The fraction of sp³-hybridized carbons (Fsp3) is 0.455. The Hall–Kier alpha value is -3.90. The van der Waals surface area contributed by atoms with E-state index in [2.05, 4.69) is 10.3 Å². The van der Waals surface area contributed by atoms with Gasteiger partial charge >= 0.3 is 12.1 Å². The minimum atomic E-state index is -3.14. The van der Waals surface area contributed by atoms with Gasteiger partial charge < -0.3 is 14.5 Å². The Morgan fingerprint density at radius 1 is 1.06 bits per heavy atom. The normalized spacial score (nSPS) is 16.6. The average molecular weight is 491 g/mol. The van der Waals surface area contributed by atoms with Crippen molar-refractivity contribution in [2.75, 3.05) is 13.1 Å². The van der Waals surface area contributed by atoms with Crippen LogP contribution in [0.3, 0.4) is 0 Å². The van der Waals surface area contributed by atoms with Crippen LogP contribution in [0, 0.1) is 0 Å². The third kappa shape index (κ3) is 4.70. The minimum Gasteiger partial charge on any atom is -0.444 e. The number of alkyl halides is 2. The maximum atomic E-state index is 14.0. The van der Waals surface area contributed by atoms with Crippen LogP contribution < -0.4 is 0 Å². The third-order valence-electron chi connectivity index (χ3n) is 5.52. The Labute approximate surface area is 198 Å². The first-order chi connectivity index (χ1) is 16.5. The van der Waals surface area contributed by atoms with Crippen LogP contribution >= 0.6 is 0 Å². The van der Waals surface area contributed by atoms with Crippen LogP contribution in [0.5, 0.6) is 0 Å². The highest BCUT2D eigenvalue weighted by molar-refractivity contribution is 6.21. The number of nitrogens with zero attached hydrogens (tertiary/aromatic N) is 5. The molecule has 0 atom stereocenters. The van der Waals surface area contributed by atoms with Crippen LogP contribution in [0.25, 0.3) is 0 Å². The lowest BCUT2D eigenvalue weighted by molar-refractivity contribution is -0.0591. The fourth-order valence-electron chi connectivity index (χ4n) is 3.91. The number of piperidine rings is 1. The molecule has 0 radical (unpaired) electrons. The topological polar surface area (TPSA) is 124 Å². The zero-order valence-electron chi connectivity index (χ0n) is 19.2. The van der Waals surface area contributed by atoms with Gasteiger partial charge in [-0.05, 0) is 45.7 Å². The van der Waals surface area contributed by atoms with Gasteiger partial charge in [-0.1, -0.05) is 22.4 Å². The van der Waals surface area contributed by atoms with Gasteiger partial charge in [0, 0.05) is 13.1 Å². The van der Waals surface area contributed by atoms with E-state index in [4.69, 9.17) is 9.57 Å². The van der Waals surface area contributed by atoms with Crippen molar-refractivity contribution in [2.24, 2.45) is 0 Å². The smallest absolute Gasteiger partial charge is 0.410 e. The number of ether oxygens (including phenoxy) is 1. The van der Waals surface area contributed by atoms with E-state index < -0.39 is 53.3 Å². The zero-order chi connectivity index (χ0) is 25.5. The van der Waals surface area contributed by atoms with Crippen molar-refractivity contribution < 1.29 is 37.5 Å². The van der Waals surface area contributed by atoms with E-state index in [1.165, 1.54) is 29.2 Å². The molecule has 0 spiro atoms. The summed E-state index contributed by atoms with van der Waals surface area (Å²) in [6.07, 6.45) is -3.10. The number of hydrogen-bond donors (Lipinski definition) is 0. The van der Waals surface area contributed by atoms with Crippen LogP contribution in [-0.4, -0.2) is 67.5 Å². The molecule has 0 saturated carbocycles. The molecule has 0 N–H and O–H groups in total. The SMILES string of the molecule is CC(C)(C)OC(=O)N1CCC(n2nnc(C(=O)ON3C(=O)c4ccccc4C3=O)c2C(F)F)CC1. The zero-order valence-corrected chi connectivity index (χ0v) is 19.2. The molecule has 3 amide bonds. The molecule has 2 aromatic rings. The molecule has 11 nitrogen and oxygen atoms in total. The molecule has 2 aliphatic rings. The Morgan fingerprint density at radius 3 is 2.14 bits per heavy atom. The van der Waals surface area contributed by atoms with Gasteiger partial charge in [-0.3, -0.25) is 9.59 Å². The molecule has 3 heterocycles. The highest BCUT2D eigenvalue weighted by Gasteiger charge is 2.41. The number of carbonyl (C=O) groups is 4. The fourth-order valence-corrected chi connectivity index (χ4v) is 3.91. The largest absolute Gasteiger partial charge is 0.444 e. The maximum Gasteiger partial charge on any atom is 0.410 e. The Kier molecular flexibility index (Phi) is 6.26. The predicted molar refractivity (Wildman–Crippen MR) is 113 cm³/mol. The Morgan fingerprint density at radius 2 is 1.63 bits per heavy atom. The van der Waals surface area contributed by atoms with Crippen molar-refractivity contribution in [1.29, 1.82) is 0 Å². The number of amides is 3. The van der Waals surface area contributed by atoms with Gasteiger partial charge in [-0.25, -0.2) is 23.1 Å². The molecule has 4 rings (SSSR count). The van der Waals surface area contributed by atoms with E-state index in [1.54, 1.807) is 20.8 Å². The van der Waals surface area contributed by atoms with E-state index in [1.807, 2.05) is 0 Å². The molecule has 0 bridgehead atoms. The summed E-state index contributed by atoms with van der Waals surface area (Å²) in [5.41, 5.74) is -2.20. The molecule has 13 heteroatoms. The summed E-state index contributed by atoms with van der Waals surface area (Å²) in [6.45, 7) is 5.69. The average Bonchev–Trinajstić information content (AvgIpc) is 3.35. The summed E-state index contributed by atoms with van der Waals surface area (Å²) < 4.78 is 34.2. The molecule has 2 aliphatic heterocycles. The van der Waals surface area contributed by atoms with Crippen LogP contribution in [0.4, 0.5) is 13.6 Å². The number of imide groups is 1. The van der Waals surface area contributed by atoms with Crippen molar-refractivity contribution in [2.45, 2.75) is 51.7 Å². The van der Waals surface area contributed by atoms with Gasteiger partial charge in [0.05, 0.1) is 17.2 Å². The summed E-state index contributed by atoms with van der Waals surface area (Å²) in [6, 6.07) is 5.27. The number of halogens is 2. The molecule has 1 aromatic carbocycles. The first kappa shape index (κ1) is 24.2. The first-order valence-corrected chi connectivity index (χ1v) is 10.9. The highest BCUT2D eigenvalue weighted by Crippen LogP contribution is 2.31. The first-order valence-electron chi connectivity index (χ1n) is 10.9. The quantitative estimate of drug-likeness (QED) is 0.598. The van der Waals surface area contributed by atoms with E-state index in [0.29, 0.717) is 0 Å². The monoisotopic (exact) mass is 491 g/mol. The van der Waals surface area contributed by atoms with E-state index in [0.717, 1.165) is 4.68 Å². The van der Waals surface area contributed by atoms with E-state index in [-0.39, 0.29) is 42.1 Å². The lowest BCUT2D eigenvalue weighted by atomic mass is 10.1. The van der Waals surface area contributed by atoms with Crippen molar-refractivity contribution in [3.05, 3.63) is 46.8 Å². The number of hydroxylamine groups is 2. The van der Waals surface area contributed by atoms with Crippen molar-refractivity contribution in [3.63, 3.8) is 0 Å². The number of carbonyl (C=O) groups excluding carboxylic acids is 4. The summed E-state index contributed by atoms with van der Waals surface area (Å²) >= 11 is 0.